The second kappa shape index (κ2) is 8.33. The van der Waals surface area contributed by atoms with Crippen molar-refractivity contribution in [1.29, 1.82) is 0 Å². The molecule has 0 spiro atoms. The molecule has 4 aliphatic carbocycles. The lowest BCUT2D eigenvalue weighted by molar-refractivity contribution is -0.719. The number of hydrogen-bond donors (Lipinski definition) is 3. The van der Waals surface area contributed by atoms with Crippen LogP contribution in [0.2, 0.25) is 0 Å². The maximum atomic E-state index is 12.7. The highest BCUT2D eigenvalue weighted by atomic mass is 16.2. The molecule has 30 heavy (non-hydrogen) atoms. The highest BCUT2D eigenvalue weighted by molar-refractivity contribution is 5.96. The normalized spacial score (nSPS) is 31.3. The van der Waals surface area contributed by atoms with Gasteiger partial charge in [-0.15, -0.1) is 0 Å². The van der Waals surface area contributed by atoms with Gasteiger partial charge in [0.05, 0.1) is 12.6 Å². The predicted octanol–water partition coefficient (Wildman–Crippen LogP) is 2.91. The Balaban J connectivity index is 1.27. The summed E-state index contributed by atoms with van der Waals surface area (Å²) in [6.07, 6.45) is 8.38. The number of rotatable bonds is 7. The van der Waals surface area contributed by atoms with Gasteiger partial charge in [0, 0.05) is 11.1 Å². The van der Waals surface area contributed by atoms with E-state index in [1.807, 2.05) is 39.0 Å². The first-order chi connectivity index (χ1) is 14.3. The van der Waals surface area contributed by atoms with Crippen molar-refractivity contribution in [2.45, 2.75) is 78.3 Å². The Kier molecular flexibility index (Phi) is 5.93. The molecule has 0 aliphatic heterocycles. The molecule has 0 unspecified atom stereocenters. The third-order valence-electron chi connectivity index (χ3n) is 8.21. The van der Waals surface area contributed by atoms with Crippen molar-refractivity contribution >= 4 is 17.5 Å². The van der Waals surface area contributed by atoms with Gasteiger partial charge in [-0.25, -0.2) is 0 Å². The van der Waals surface area contributed by atoms with Crippen molar-refractivity contribution in [3.8, 4) is 0 Å². The van der Waals surface area contributed by atoms with E-state index < -0.39 is 0 Å². The smallest absolute Gasteiger partial charge is 0.278 e. The van der Waals surface area contributed by atoms with Crippen LogP contribution in [0.4, 0.5) is 5.69 Å². The Bertz CT molecular complexity index is 763. The molecule has 2 atom stereocenters. The highest BCUT2D eigenvalue weighted by Gasteiger charge is 2.54. The second-order valence-electron chi connectivity index (χ2n) is 10.6. The number of carbonyl (C=O) groups excluding carboxylic acids is 2. The molecule has 4 aliphatic rings. The van der Waals surface area contributed by atoms with Crippen LogP contribution in [-0.2, 0) is 9.59 Å². The van der Waals surface area contributed by atoms with Crippen LogP contribution in [0.15, 0.2) is 18.2 Å². The number of para-hydroxylation sites is 1. The summed E-state index contributed by atoms with van der Waals surface area (Å²) in [5.41, 5.74) is 3.32. The summed E-state index contributed by atoms with van der Waals surface area (Å²) in [7, 11) is 0. The molecule has 1 aromatic rings. The number of anilines is 1. The molecule has 0 heterocycles. The largest absolute Gasteiger partial charge is 0.342 e. The minimum Gasteiger partial charge on any atom is -0.342 e. The van der Waals surface area contributed by atoms with Crippen LogP contribution in [0.25, 0.3) is 0 Å². The Hall–Kier alpha value is -1.88. The number of hydrogen-bond acceptors (Lipinski definition) is 2. The van der Waals surface area contributed by atoms with Crippen LogP contribution in [0.3, 0.4) is 0 Å². The SMILES string of the molecule is Cc1cccc(C)c1NC(=O)CNC(=O)[C@H](C)[NH2+][C@H](C)C12CC3CC(CC(C3)C1)C2. The van der Waals surface area contributed by atoms with E-state index in [9.17, 15) is 9.59 Å². The first-order valence-electron chi connectivity index (χ1n) is 11.7. The fourth-order valence-electron chi connectivity index (χ4n) is 6.98. The van der Waals surface area contributed by atoms with Gasteiger partial charge in [0.25, 0.3) is 5.91 Å². The molecular weight excluding hydrogens is 374 g/mol. The first kappa shape index (κ1) is 21.4. The zero-order valence-corrected chi connectivity index (χ0v) is 19.0. The zero-order chi connectivity index (χ0) is 21.5. The molecule has 5 rings (SSSR count). The fraction of sp³-hybridized carbons (Fsp3) is 0.680. The minimum atomic E-state index is -0.180. The lowest BCUT2D eigenvalue weighted by Crippen LogP contribution is -2.98. The molecule has 0 aromatic heterocycles. The number of carbonyl (C=O) groups is 2. The van der Waals surface area contributed by atoms with E-state index in [4.69, 9.17) is 0 Å². The fourth-order valence-corrected chi connectivity index (χ4v) is 6.98. The summed E-state index contributed by atoms with van der Waals surface area (Å²) >= 11 is 0. The van der Waals surface area contributed by atoms with Gasteiger partial charge < -0.3 is 16.0 Å². The summed E-state index contributed by atoms with van der Waals surface area (Å²) in [6.45, 7) is 8.25. The Labute approximate surface area is 180 Å². The number of quaternary nitrogens is 1. The van der Waals surface area contributed by atoms with Crippen LogP contribution in [-0.4, -0.2) is 30.4 Å². The first-order valence-corrected chi connectivity index (χ1v) is 11.7. The van der Waals surface area contributed by atoms with Crippen LogP contribution >= 0.6 is 0 Å². The van der Waals surface area contributed by atoms with Gasteiger partial charge in [0.15, 0.2) is 6.04 Å². The maximum absolute atomic E-state index is 12.7. The van der Waals surface area contributed by atoms with Crippen LogP contribution in [0.5, 0.6) is 0 Å². The van der Waals surface area contributed by atoms with Gasteiger partial charge in [0.2, 0.25) is 5.91 Å². The van der Waals surface area contributed by atoms with E-state index in [1.54, 1.807) is 0 Å². The highest BCUT2D eigenvalue weighted by Crippen LogP contribution is 2.60. The summed E-state index contributed by atoms with van der Waals surface area (Å²) < 4.78 is 0. The molecule has 1 aromatic carbocycles. The van der Waals surface area contributed by atoms with E-state index in [1.165, 1.54) is 38.5 Å². The average Bonchev–Trinajstić information content (AvgIpc) is 2.68. The number of nitrogens with one attached hydrogen (secondary N) is 2. The van der Waals surface area contributed by atoms with Crippen LogP contribution in [0, 0.1) is 37.0 Å². The quantitative estimate of drug-likeness (QED) is 0.644. The zero-order valence-electron chi connectivity index (χ0n) is 19.0. The summed E-state index contributed by atoms with van der Waals surface area (Å²) in [5.74, 6) is 2.53. The minimum absolute atomic E-state index is 0.0105. The average molecular weight is 413 g/mol. The van der Waals surface area contributed by atoms with Crippen molar-refractivity contribution in [3.63, 3.8) is 0 Å². The predicted molar refractivity (Wildman–Crippen MR) is 119 cm³/mol. The van der Waals surface area contributed by atoms with E-state index in [0.29, 0.717) is 11.5 Å². The molecular formula is C25H38N3O2+. The molecule has 4 N–H and O–H groups in total. The Morgan fingerprint density at radius 2 is 1.57 bits per heavy atom. The van der Waals surface area contributed by atoms with Gasteiger partial charge in [-0.05, 0) is 95.1 Å². The summed E-state index contributed by atoms with van der Waals surface area (Å²) in [6, 6.07) is 6.20. The molecule has 2 amide bonds. The topological polar surface area (TPSA) is 74.8 Å². The van der Waals surface area contributed by atoms with Gasteiger partial charge in [-0.2, -0.15) is 0 Å². The van der Waals surface area contributed by atoms with E-state index in [0.717, 1.165) is 34.6 Å². The maximum Gasteiger partial charge on any atom is 0.278 e. The molecule has 0 saturated heterocycles. The van der Waals surface area contributed by atoms with E-state index in [-0.39, 0.29) is 24.4 Å². The molecule has 5 nitrogen and oxygen atoms in total. The Morgan fingerprint density at radius 1 is 1.03 bits per heavy atom. The van der Waals surface area contributed by atoms with Gasteiger partial charge >= 0.3 is 0 Å². The Morgan fingerprint density at radius 3 is 2.10 bits per heavy atom. The summed E-state index contributed by atoms with van der Waals surface area (Å²) in [5, 5.41) is 8.03. The van der Waals surface area contributed by atoms with Crippen molar-refractivity contribution in [3.05, 3.63) is 29.3 Å². The second-order valence-corrected chi connectivity index (χ2v) is 10.6. The molecule has 4 fully saturated rings. The molecule has 4 bridgehead atoms. The van der Waals surface area contributed by atoms with Gasteiger partial charge in [-0.1, -0.05) is 18.2 Å². The van der Waals surface area contributed by atoms with E-state index >= 15 is 0 Å². The number of aryl methyl sites for hydroxylation is 2. The number of amides is 2. The van der Waals surface area contributed by atoms with Crippen LogP contribution in [0.1, 0.15) is 63.5 Å². The number of benzene rings is 1. The third kappa shape index (κ3) is 4.27. The lowest BCUT2D eigenvalue weighted by Gasteiger charge is -2.58. The van der Waals surface area contributed by atoms with Crippen molar-refractivity contribution in [2.75, 3.05) is 11.9 Å². The van der Waals surface area contributed by atoms with Gasteiger partial charge in [-0.3, -0.25) is 9.59 Å². The van der Waals surface area contributed by atoms with Crippen molar-refractivity contribution in [1.82, 2.24) is 5.32 Å². The molecule has 0 radical (unpaired) electrons. The third-order valence-corrected chi connectivity index (χ3v) is 8.21. The standard InChI is InChI=1S/C25H37N3O2/c1-15-6-5-7-16(2)23(15)28-22(29)14-26-24(30)17(3)27-18(4)25-11-19-8-20(12-25)10-21(9-19)13-25/h5-7,17-21,27H,8-14H2,1-4H3,(H,26,30)(H,28,29)/p+1/t17-,18+,19?,20?,21?,25?/m0/s1. The summed E-state index contributed by atoms with van der Waals surface area (Å²) in [4.78, 5) is 25.0. The number of nitrogens with two attached hydrogens (primary N) is 1. The molecule has 4 saturated carbocycles. The van der Waals surface area contributed by atoms with Gasteiger partial charge in [0.1, 0.15) is 0 Å². The van der Waals surface area contributed by atoms with E-state index in [2.05, 4.69) is 22.9 Å². The van der Waals surface area contributed by atoms with Crippen LogP contribution < -0.4 is 16.0 Å². The molecule has 5 heteroatoms. The van der Waals surface area contributed by atoms with Crippen molar-refractivity contribution in [2.24, 2.45) is 23.2 Å². The van der Waals surface area contributed by atoms with Crippen molar-refractivity contribution < 1.29 is 14.9 Å². The molecule has 164 valence electrons. The lowest BCUT2D eigenvalue weighted by atomic mass is 9.48. The monoisotopic (exact) mass is 412 g/mol.